The highest BCUT2D eigenvalue weighted by Gasteiger charge is 2.18. The van der Waals surface area contributed by atoms with Crippen LogP contribution in [0.2, 0.25) is 5.02 Å². The van der Waals surface area contributed by atoms with Crippen molar-refractivity contribution >= 4 is 28.5 Å². The number of hydrogen-bond donors (Lipinski definition) is 0. The molecule has 0 aromatic carbocycles. The number of ether oxygens (including phenoxy) is 2. The molecule has 2 aromatic heterocycles. The summed E-state index contributed by atoms with van der Waals surface area (Å²) in [4.78, 5) is 4.24. The average Bonchev–Trinajstić information content (AvgIpc) is 3.02. The molecule has 0 radical (unpaired) electrons. The number of furan rings is 1. The fourth-order valence-electron chi connectivity index (χ4n) is 2.60. The van der Waals surface area contributed by atoms with Crippen molar-refractivity contribution in [2.45, 2.75) is 19.3 Å². The van der Waals surface area contributed by atoms with Gasteiger partial charge in [-0.25, -0.2) is 0 Å². The second kappa shape index (κ2) is 5.97. The van der Waals surface area contributed by atoms with Crippen molar-refractivity contribution in [1.29, 1.82) is 0 Å². The lowest BCUT2D eigenvalue weighted by molar-refractivity contribution is 0.266. The molecule has 0 amide bonds. The van der Waals surface area contributed by atoms with Gasteiger partial charge in [-0.2, -0.15) is 0 Å². The van der Waals surface area contributed by atoms with E-state index in [1.165, 1.54) is 11.8 Å². The second-order valence-corrected chi connectivity index (χ2v) is 5.80. The smallest absolute Gasteiger partial charge is 0.204 e. The lowest BCUT2D eigenvalue weighted by atomic mass is 10.0. The van der Waals surface area contributed by atoms with Crippen molar-refractivity contribution in [2.75, 3.05) is 0 Å². The van der Waals surface area contributed by atoms with Crippen LogP contribution < -0.4 is 0 Å². The number of hydrogen-bond acceptors (Lipinski definition) is 4. The first-order valence-corrected chi connectivity index (χ1v) is 7.79. The highest BCUT2D eigenvalue weighted by molar-refractivity contribution is 6.34. The molecule has 0 bridgehead atoms. The van der Waals surface area contributed by atoms with E-state index in [2.05, 4.69) is 23.2 Å². The Morgan fingerprint density at radius 1 is 1.26 bits per heavy atom. The molecule has 3 heterocycles. The molecule has 1 aliphatic carbocycles. The Balaban J connectivity index is 1.55. The molecular formula is C18H14ClNO3. The summed E-state index contributed by atoms with van der Waals surface area (Å²) >= 11 is 6.12. The minimum atomic E-state index is 0.517. The van der Waals surface area contributed by atoms with Gasteiger partial charge in [-0.3, -0.25) is 4.98 Å². The Morgan fingerprint density at radius 3 is 3.04 bits per heavy atom. The van der Waals surface area contributed by atoms with Gasteiger partial charge in [0.2, 0.25) is 5.76 Å². The standard InChI is InChI=1S/C18H14ClNO3/c19-14-6-7-20-15-9-16(23-18(14)15)17-11-21-10-13(22-17)8-12-4-2-1-3-5-12/h1-2,4,6-7,9-11H,3,5,8H2. The SMILES string of the molecule is Clc1ccnc2cc(C3=COC=C(CC4=CC=CCC4)O3)oc12. The fraction of sp³-hybridized carbons (Fsp3) is 0.167. The Bertz CT molecular complexity index is 874. The molecule has 0 saturated carbocycles. The fourth-order valence-corrected chi connectivity index (χ4v) is 2.79. The van der Waals surface area contributed by atoms with Gasteiger partial charge >= 0.3 is 0 Å². The van der Waals surface area contributed by atoms with E-state index in [4.69, 9.17) is 25.5 Å². The quantitative estimate of drug-likeness (QED) is 0.763. The maximum atomic E-state index is 6.12. The number of aromatic nitrogens is 1. The van der Waals surface area contributed by atoms with E-state index >= 15 is 0 Å². The maximum Gasteiger partial charge on any atom is 0.204 e. The van der Waals surface area contributed by atoms with E-state index in [1.807, 2.05) is 0 Å². The van der Waals surface area contributed by atoms with Crippen molar-refractivity contribution in [3.8, 4) is 0 Å². The molecule has 1 aliphatic heterocycles. The average molecular weight is 328 g/mol. The zero-order valence-electron chi connectivity index (χ0n) is 12.3. The molecular weight excluding hydrogens is 314 g/mol. The first kappa shape index (κ1) is 14.2. The highest BCUT2D eigenvalue weighted by atomic mass is 35.5. The Labute approximate surface area is 138 Å². The van der Waals surface area contributed by atoms with Crippen LogP contribution >= 0.6 is 11.6 Å². The van der Waals surface area contributed by atoms with E-state index in [0.717, 1.165) is 25.0 Å². The summed E-state index contributed by atoms with van der Waals surface area (Å²) in [5.74, 6) is 1.82. The molecule has 0 atom stereocenters. The number of allylic oxidation sites excluding steroid dienone is 4. The summed E-state index contributed by atoms with van der Waals surface area (Å²) in [5.41, 5.74) is 2.55. The topological polar surface area (TPSA) is 44.5 Å². The molecule has 4 nitrogen and oxygen atoms in total. The third-order valence-corrected chi connectivity index (χ3v) is 4.02. The van der Waals surface area contributed by atoms with E-state index in [0.29, 0.717) is 27.6 Å². The third kappa shape index (κ3) is 2.90. The maximum absolute atomic E-state index is 6.12. The zero-order chi connectivity index (χ0) is 15.6. The van der Waals surface area contributed by atoms with E-state index in [9.17, 15) is 0 Å². The third-order valence-electron chi connectivity index (χ3n) is 3.72. The lowest BCUT2D eigenvalue weighted by Crippen LogP contribution is -2.01. The van der Waals surface area contributed by atoms with Crippen LogP contribution in [-0.2, 0) is 9.47 Å². The number of halogens is 1. The van der Waals surface area contributed by atoms with Gasteiger partial charge in [0, 0.05) is 18.7 Å². The summed E-state index contributed by atoms with van der Waals surface area (Å²) in [5, 5.41) is 0.522. The number of fused-ring (bicyclic) bond motifs is 1. The van der Waals surface area contributed by atoms with Crippen molar-refractivity contribution in [1.82, 2.24) is 4.98 Å². The van der Waals surface area contributed by atoms with Gasteiger partial charge in [-0.05, 0) is 18.9 Å². The molecule has 23 heavy (non-hydrogen) atoms. The molecule has 2 aromatic rings. The summed E-state index contributed by atoms with van der Waals surface area (Å²) in [7, 11) is 0. The predicted octanol–water partition coefficient (Wildman–Crippen LogP) is 5.33. The van der Waals surface area contributed by atoms with E-state index in [-0.39, 0.29) is 0 Å². The van der Waals surface area contributed by atoms with Crippen molar-refractivity contribution < 1.29 is 13.9 Å². The minimum Gasteiger partial charge on any atom is -0.465 e. The molecule has 0 spiro atoms. The van der Waals surface area contributed by atoms with Crippen molar-refractivity contribution in [3.05, 3.63) is 71.2 Å². The van der Waals surface area contributed by atoms with Gasteiger partial charge in [0.15, 0.2) is 11.3 Å². The minimum absolute atomic E-state index is 0.517. The largest absolute Gasteiger partial charge is 0.465 e. The number of rotatable bonds is 3. The summed E-state index contributed by atoms with van der Waals surface area (Å²) in [6.07, 6.45) is 14.0. The van der Waals surface area contributed by atoms with Gasteiger partial charge in [-0.1, -0.05) is 35.4 Å². The van der Waals surface area contributed by atoms with Crippen LogP contribution in [0.3, 0.4) is 0 Å². The first-order valence-electron chi connectivity index (χ1n) is 7.41. The Kier molecular flexibility index (Phi) is 3.67. The molecule has 0 fully saturated rings. The lowest BCUT2D eigenvalue weighted by Gasteiger charge is -2.17. The zero-order valence-corrected chi connectivity index (χ0v) is 13.0. The van der Waals surface area contributed by atoms with E-state index < -0.39 is 0 Å². The summed E-state index contributed by atoms with van der Waals surface area (Å²) in [6, 6.07) is 3.49. The predicted molar refractivity (Wildman–Crippen MR) is 88.3 cm³/mol. The Hall–Kier alpha value is -2.46. The van der Waals surface area contributed by atoms with Gasteiger partial charge in [0.25, 0.3) is 0 Å². The molecule has 0 N–H and O–H groups in total. The van der Waals surface area contributed by atoms with Gasteiger partial charge in [-0.15, -0.1) is 0 Å². The van der Waals surface area contributed by atoms with E-state index in [1.54, 1.807) is 24.6 Å². The van der Waals surface area contributed by atoms with Crippen LogP contribution in [-0.4, -0.2) is 4.98 Å². The normalized spacial score (nSPS) is 17.2. The molecule has 116 valence electrons. The van der Waals surface area contributed by atoms with Crippen LogP contribution in [0.15, 0.2) is 64.8 Å². The number of pyridine rings is 1. The van der Waals surface area contributed by atoms with Gasteiger partial charge in [0.1, 0.15) is 23.8 Å². The van der Waals surface area contributed by atoms with Crippen LogP contribution in [0.4, 0.5) is 0 Å². The van der Waals surface area contributed by atoms with Crippen LogP contribution in [0.1, 0.15) is 25.0 Å². The van der Waals surface area contributed by atoms with Gasteiger partial charge in [0.05, 0.1) is 5.02 Å². The summed E-state index contributed by atoms with van der Waals surface area (Å²) in [6.45, 7) is 0. The van der Waals surface area contributed by atoms with Crippen LogP contribution in [0.25, 0.3) is 16.9 Å². The highest BCUT2D eigenvalue weighted by Crippen LogP contribution is 2.33. The first-order chi connectivity index (χ1) is 11.3. The molecule has 2 aliphatic rings. The van der Waals surface area contributed by atoms with Crippen molar-refractivity contribution in [3.63, 3.8) is 0 Å². The Morgan fingerprint density at radius 2 is 2.22 bits per heavy atom. The number of nitrogens with zero attached hydrogens (tertiary/aromatic N) is 1. The monoisotopic (exact) mass is 327 g/mol. The second-order valence-electron chi connectivity index (χ2n) is 5.39. The molecule has 4 rings (SSSR count). The molecule has 0 saturated heterocycles. The van der Waals surface area contributed by atoms with Crippen molar-refractivity contribution in [2.24, 2.45) is 0 Å². The summed E-state index contributed by atoms with van der Waals surface area (Å²) < 4.78 is 17.1. The van der Waals surface area contributed by atoms with Crippen LogP contribution in [0.5, 0.6) is 0 Å². The van der Waals surface area contributed by atoms with Crippen LogP contribution in [0, 0.1) is 0 Å². The van der Waals surface area contributed by atoms with Gasteiger partial charge < -0.3 is 13.9 Å². The molecule has 5 heteroatoms. The molecule has 0 unspecified atom stereocenters.